The van der Waals surface area contributed by atoms with Gasteiger partial charge in [0.05, 0.1) is 17.5 Å². The van der Waals surface area contributed by atoms with Crippen LogP contribution in [-0.2, 0) is 0 Å². The molecule has 0 fully saturated rings. The number of benzene rings is 1. The highest BCUT2D eigenvalue weighted by Gasteiger charge is 2.14. The first-order chi connectivity index (χ1) is 10.4. The maximum Gasteiger partial charge on any atom is 0.201 e. The number of hydrazone groups is 1. The molecule has 0 saturated carbocycles. The molecular formula is C15H19N7. The van der Waals surface area contributed by atoms with Gasteiger partial charge in [0, 0.05) is 6.04 Å². The summed E-state index contributed by atoms with van der Waals surface area (Å²) in [5.41, 5.74) is 12.6. The van der Waals surface area contributed by atoms with Crippen LogP contribution in [0.5, 0.6) is 0 Å². The van der Waals surface area contributed by atoms with Gasteiger partial charge in [0.2, 0.25) is 5.71 Å². The molecule has 0 amide bonds. The first-order valence-electron chi connectivity index (χ1n) is 6.91. The predicted molar refractivity (Wildman–Crippen MR) is 88.2 cm³/mol. The second-order valence-corrected chi connectivity index (χ2v) is 5.40. The number of aryl methyl sites for hydroxylation is 1. The van der Waals surface area contributed by atoms with Crippen LogP contribution in [0.15, 0.2) is 17.5 Å². The van der Waals surface area contributed by atoms with E-state index in [1.165, 1.54) is 0 Å². The molecule has 1 aromatic heterocycles. The van der Waals surface area contributed by atoms with Gasteiger partial charge in [-0.15, -0.1) is 0 Å². The average Bonchev–Trinajstić information content (AvgIpc) is 2.86. The molecule has 0 atom stereocenters. The lowest BCUT2D eigenvalue weighted by Gasteiger charge is -2.13. The van der Waals surface area contributed by atoms with Gasteiger partial charge in [-0.1, -0.05) is 0 Å². The van der Waals surface area contributed by atoms with Gasteiger partial charge in [-0.3, -0.25) is 10.8 Å². The highest BCUT2D eigenvalue weighted by molar-refractivity contribution is 6.45. The molecule has 7 nitrogen and oxygen atoms in total. The molecule has 0 aliphatic rings. The normalized spacial score (nSPS) is 11.7. The monoisotopic (exact) mass is 297 g/mol. The van der Waals surface area contributed by atoms with E-state index in [9.17, 15) is 0 Å². The molecule has 114 valence electrons. The number of nitriles is 1. The first-order valence-corrected chi connectivity index (χ1v) is 6.91. The minimum atomic E-state index is -0.371. The zero-order valence-corrected chi connectivity index (χ0v) is 13.1. The van der Waals surface area contributed by atoms with E-state index >= 15 is 0 Å². The van der Waals surface area contributed by atoms with Gasteiger partial charge in [-0.25, -0.2) is 4.98 Å². The molecule has 0 aliphatic carbocycles. The maximum absolute atomic E-state index is 8.93. The number of aromatic nitrogens is 2. The van der Waals surface area contributed by atoms with Gasteiger partial charge in [0.25, 0.3) is 0 Å². The number of amidine groups is 1. The summed E-state index contributed by atoms with van der Waals surface area (Å²) in [6, 6.07) is 4.16. The number of fused-ring (bicyclic) bond motifs is 1. The van der Waals surface area contributed by atoms with Crippen molar-refractivity contribution in [3.63, 3.8) is 0 Å². The van der Waals surface area contributed by atoms with Gasteiger partial charge in [0.1, 0.15) is 11.6 Å². The number of hydrogen-bond donors (Lipinski definition) is 3. The van der Waals surface area contributed by atoms with Crippen LogP contribution in [0.1, 0.15) is 31.0 Å². The summed E-state index contributed by atoms with van der Waals surface area (Å²) in [4.78, 5) is 4.45. The van der Waals surface area contributed by atoms with Crippen LogP contribution >= 0.6 is 0 Å². The molecule has 0 spiro atoms. The lowest BCUT2D eigenvalue weighted by atomic mass is 10.1. The van der Waals surface area contributed by atoms with Gasteiger partial charge >= 0.3 is 0 Å². The third-order valence-electron chi connectivity index (χ3n) is 3.59. The van der Waals surface area contributed by atoms with Gasteiger partial charge in [-0.05, 0) is 44.9 Å². The lowest BCUT2D eigenvalue weighted by Crippen LogP contribution is -2.22. The Bertz CT molecular complexity index is 805. The molecule has 0 saturated heterocycles. The van der Waals surface area contributed by atoms with Crippen molar-refractivity contribution in [2.75, 3.05) is 5.43 Å². The quantitative estimate of drug-likeness (QED) is 0.456. The Kier molecular flexibility index (Phi) is 4.13. The largest absolute Gasteiger partial charge is 0.382 e. The van der Waals surface area contributed by atoms with Crippen molar-refractivity contribution < 1.29 is 0 Å². The summed E-state index contributed by atoms with van der Waals surface area (Å²) in [5, 5.41) is 20.2. The average molecular weight is 297 g/mol. The van der Waals surface area contributed by atoms with Crippen molar-refractivity contribution in [3.05, 3.63) is 23.5 Å². The topological polar surface area (TPSA) is 116 Å². The second kappa shape index (κ2) is 5.85. The second-order valence-electron chi connectivity index (χ2n) is 5.40. The molecule has 22 heavy (non-hydrogen) atoms. The van der Waals surface area contributed by atoms with E-state index < -0.39 is 0 Å². The fraction of sp³-hybridized carbons (Fsp3) is 0.333. The lowest BCUT2D eigenvalue weighted by molar-refractivity contribution is 0.617. The van der Waals surface area contributed by atoms with Crippen molar-refractivity contribution >= 4 is 28.3 Å². The van der Waals surface area contributed by atoms with E-state index in [2.05, 4.69) is 40.0 Å². The summed E-state index contributed by atoms with van der Waals surface area (Å²) in [6.07, 6.45) is 1.79. The Morgan fingerprint density at radius 3 is 2.73 bits per heavy atom. The maximum atomic E-state index is 8.93. The van der Waals surface area contributed by atoms with E-state index in [0.29, 0.717) is 0 Å². The van der Waals surface area contributed by atoms with Crippen LogP contribution < -0.4 is 11.2 Å². The standard InChI is InChI=1S/C15H19N7/c1-8(2)22-7-19-14-12(22)5-9(3)10(4)13(14)21-20-11(6-16)15(17)18/h5,7-8,21H,1-4H3,(H3,17,18)/b20-11+. The SMILES string of the molecule is Cc1cc2c(ncn2C(C)C)c(N/N=C(\C#N)C(=N)N)c1C. The van der Waals surface area contributed by atoms with Crippen LogP contribution in [0.3, 0.4) is 0 Å². The molecule has 7 heteroatoms. The number of imidazole rings is 1. The third-order valence-corrected chi connectivity index (χ3v) is 3.59. The van der Waals surface area contributed by atoms with Crippen molar-refractivity contribution in [1.29, 1.82) is 10.7 Å². The molecule has 2 rings (SSSR count). The van der Waals surface area contributed by atoms with E-state index in [4.69, 9.17) is 16.4 Å². The molecule has 0 unspecified atom stereocenters. The number of rotatable bonds is 4. The molecule has 4 N–H and O–H groups in total. The predicted octanol–water partition coefficient (Wildman–Crippen LogP) is 2.46. The van der Waals surface area contributed by atoms with Crippen LogP contribution in [0.2, 0.25) is 0 Å². The van der Waals surface area contributed by atoms with Crippen molar-refractivity contribution in [1.82, 2.24) is 9.55 Å². The van der Waals surface area contributed by atoms with Gasteiger partial charge < -0.3 is 10.3 Å². The van der Waals surface area contributed by atoms with E-state index in [-0.39, 0.29) is 17.6 Å². The number of nitrogens with zero attached hydrogens (tertiary/aromatic N) is 4. The van der Waals surface area contributed by atoms with Gasteiger partial charge in [0.15, 0.2) is 5.84 Å². The zero-order valence-electron chi connectivity index (χ0n) is 13.1. The third kappa shape index (κ3) is 2.63. The van der Waals surface area contributed by atoms with E-state index in [1.54, 1.807) is 12.4 Å². The summed E-state index contributed by atoms with van der Waals surface area (Å²) >= 11 is 0. The van der Waals surface area contributed by atoms with E-state index in [1.807, 2.05) is 13.8 Å². The van der Waals surface area contributed by atoms with E-state index in [0.717, 1.165) is 27.8 Å². The fourth-order valence-corrected chi connectivity index (χ4v) is 2.20. The molecule has 0 radical (unpaired) electrons. The smallest absolute Gasteiger partial charge is 0.201 e. The van der Waals surface area contributed by atoms with Crippen LogP contribution in [0, 0.1) is 30.6 Å². The van der Waals surface area contributed by atoms with Gasteiger partial charge in [-0.2, -0.15) is 10.4 Å². The highest BCUT2D eigenvalue weighted by atomic mass is 15.3. The number of nitrogens with one attached hydrogen (secondary N) is 2. The summed E-state index contributed by atoms with van der Waals surface area (Å²) in [7, 11) is 0. The van der Waals surface area contributed by atoms with Crippen LogP contribution in [0.4, 0.5) is 5.69 Å². The number of hydrogen-bond acceptors (Lipinski definition) is 5. The Hall–Kier alpha value is -2.88. The molecular weight excluding hydrogens is 278 g/mol. The number of nitrogens with two attached hydrogens (primary N) is 1. The Morgan fingerprint density at radius 1 is 1.50 bits per heavy atom. The first kappa shape index (κ1) is 15.5. The Morgan fingerprint density at radius 2 is 2.18 bits per heavy atom. The summed E-state index contributed by atoms with van der Waals surface area (Å²) < 4.78 is 2.08. The molecule has 1 heterocycles. The van der Waals surface area contributed by atoms with Crippen LogP contribution in [-0.4, -0.2) is 21.1 Å². The van der Waals surface area contributed by atoms with Crippen molar-refractivity contribution in [3.8, 4) is 6.07 Å². The molecule has 0 bridgehead atoms. The fourth-order valence-electron chi connectivity index (χ4n) is 2.20. The summed E-state index contributed by atoms with van der Waals surface area (Å²) in [5.74, 6) is -0.371. The Labute approximate surface area is 129 Å². The molecule has 1 aromatic carbocycles. The highest BCUT2D eigenvalue weighted by Crippen LogP contribution is 2.30. The van der Waals surface area contributed by atoms with Crippen LogP contribution in [0.25, 0.3) is 11.0 Å². The van der Waals surface area contributed by atoms with Crippen molar-refractivity contribution in [2.24, 2.45) is 10.8 Å². The number of anilines is 1. The van der Waals surface area contributed by atoms with Crippen molar-refractivity contribution in [2.45, 2.75) is 33.7 Å². The molecule has 0 aliphatic heterocycles. The minimum Gasteiger partial charge on any atom is -0.382 e. The minimum absolute atomic E-state index is 0.155. The zero-order chi connectivity index (χ0) is 16.4. The Balaban J connectivity index is 2.61. The molecule has 2 aromatic rings. The summed E-state index contributed by atoms with van der Waals surface area (Å²) in [6.45, 7) is 8.15.